The molecule has 2 aliphatic heterocycles. The summed E-state index contributed by atoms with van der Waals surface area (Å²) in [6.07, 6.45) is 2.07. The molecule has 1 aromatic rings. The molecule has 0 spiro atoms. The van der Waals surface area contributed by atoms with E-state index in [1.54, 1.807) is 0 Å². The number of aliphatic hydroxyl groups excluding tert-OH is 1. The number of nitrogens with zero attached hydrogens (tertiary/aromatic N) is 1. The molecule has 2 saturated heterocycles. The van der Waals surface area contributed by atoms with Crippen LogP contribution in [0, 0.1) is 11.7 Å². The number of rotatable bonds is 4. The summed E-state index contributed by atoms with van der Waals surface area (Å²) in [5.41, 5.74) is 0.550. The third kappa shape index (κ3) is 3.54. The summed E-state index contributed by atoms with van der Waals surface area (Å²) in [7, 11) is 1.51. The molecule has 6 heteroatoms. The van der Waals surface area contributed by atoms with Crippen molar-refractivity contribution in [2.45, 2.75) is 37.8 Å². The van der Waals surface area contributed by atoms with Gasteiger partial charge in [0.1, 0.15) is 11.6 Å². The number of carbonyl (C=O) groups excluding carboxylic acids is 1. The minimum Gasteiger partial charge on any atom is -0.496 e. The van der Waals surface area contributed by atoms with Crippen LogP contribution in [0.5, 0.6) is 5.75 Å². The molecule has 0 bridgehead atoms. The van der Waals surface area contributed by atoms with Crippen molar-refractivity contribution in [2.75, 3.05) is 26.9 Å². The van der Waals surface area contributed by atoms with Gasteiger partial charge in [0.05, 0.1) is 26.2 Å². The molecule has 1 N–H and O–H groups in total. The number of carbonyl (C=O) groups is 1. The van der Waals surface area contributed by atoms with E-state index in [2.05, 4.69) is 0 Å². The number of aliphatic hydroxyl groups is 1. The van der Waals surface area contributed by atoms with Crippen LogP contribution in [-0.2, 0) is 16.0 Å². The second-order valence-corrected chi connectivity index (χ2v) is 6.52. The molecule has 5 nitrogen and oxygen atoms in total. The van der Waals surface area contributed by atoms with E-state index in [1.807, 2.05) is 4.90 Å². The van der Waals surface area contributed by atoms with Crippen molar-refractivity contribution in [1.82, 2.24) is 4.90 Å². The molecule has 3 atom stereocenters. The number of hydrogen-bond acceptors (Lipinski definition) is 4. The third-order valence-corrected chi connectivity index (χ3v) is 5.06. The minimum atomic E-state index is -0.430. The lowest BCUT2D eigenvalue weighted by Crippen LogP contribution is -2.48. The van der Waals surface area contributed by atoms with E-state index < -0.39 is 6.10 Å². The lowest BCUT2D eigenvalue weighted by Gasteiger charge is -2.37. The lowest BCUT2D eigenvalue weighted by molar-refractivity contribution is -0.135. The Labute approximate surface area is 141 Å². The summed E-state index contributed by atoms with van der Waals surface area (Å²) in [6.45, 7) is 1.72. The van der Waals surface area contributed by atoms with Gasteiger partial charge in [0.15, 0.2) is 0 Å². The molecular weight excluding hydrogens is 313 g/mol. The molecule has 0 aliphatic carbocycles. The maximum atomic E-state index is 13.5. The van der Waals surface area contributed by atoms with Gasteiger partial charge in [-0.3, -0.25) is 4.79 Å². The Morgan fingerprint density at radius 1 is 1.46 bits per heavy atom. The Hall–Kier alpha value is -1.66. The van der Waals surface area contributed by atoms with Gasteiger partial charge in [-0.15, -0.1) is 0 Å². The highest BCUT2D eigenvalue weighted by atomic mass is 19.1. The molecule has 2 fully saturated rings. The zero-order valence-corrected chi connectivity index (χ0v) is 13.9. The Balaban J connectivity index is 1.73. The van der Waals surface area contributed by atoms with Crippen LogP contribution >= 0.6 is 0 Å². The van der Waals surface area contributed by atoms with Crippen molar-refractivity contribution < 1.29 is 23.8 Å². The number of benzene rings is 1. The normalized spacial score (nSPS) is 27.3. The summed E-state index contributed by atoms with van der Waals surface area (Å²) in [6, 6.07) is 4.20. The van der Waals surface area contributed by atoms with Gasteiger partial charge in [0.2, 0.25) is 5.91 Å². The van der Waals surface area contributed by atoms with Crippen LogP contribution in [-0.4, -0.2) is 54.9 Å². The standard InChI is InChI=1S/C18H24FNO4/c1-23-17-5-4-13(19)9-12(17)10-18(22)20-7-2-3-15(20)14-11-24-8-6-16(14)21/h4-5,9,14-16,21H,2-3,6-8,10-11H2,1H3. The highest BCUT2D eigenvalue weighted by Crippen LogP contribution is 2.31. The monoisotopic (exact) mass is 337 g/mol. The molecule has 24 heavy (non-hydrogen) atoms. The fraction of sp³-hybridized carbons (Fsp3) is 0.611. The number of ether oxygens (including phenoxy) is 2. The smallest absolute Gasteiger partial charge is 0.227 e. The van der Waals surface area contributed by atoms with E-state index in [0.717, 1.165) is 12.8 Å². The van der Waals surface area contributed by atoms with Gasteiger partial charge in [0.25, 0.3) is 0 Å². The van der Waals surface area contributed by atoms with Crippen molar-refractivity contribution in [2.24, 2.45) is 5.92 Å². The average molecular weight is 337 g/mol. The number of methoxy groups -OCH3 is 1. The fourth-order valence-electron chi connectivity index (χ4n) is 3.81. The molecule has 0 saturated carbocycles. The van der Waals surface area contributed by atoms with E-state index in [-0.39, 0.29) is 30.1 Å². The van der Waals surface area contributed by atoms with Gasteiger partial charge in [-0.25, -0.2) is 4.39 Å². The van der Waals surface area contributed by atoms with E-state index >= 15 is 0 Å². The van der Waals surface area contributed by atoms with Crippen molar-refractivity contribution in [3.05, 3.63) is 29.6 Å². The summed E-state index contributed by atoms with van der Waals surface area (Å²) >= 11 is 0. The topological polar surface area (TPSA) is 59.0 Å². The maximum absolute atomic E-state index is 13.5. The van der Waals surface area contributed by atoms with E-state index in [0.29, 0.717) is 37.5 Å². The Morgan fingerprint density at radius 2 is 2.29 bits per heavy atom. The molecule has 132 valence electrons. The first kappa shape index (κ1) is 17.2. The van der Waals surface area contributed by atoms with Gasteiger partial charge in [-0.1, -0.05) is 0 Å². The van der Waals surface area contributed by atoms with Gasteiger partial charge in [-0.05, 0) is 37.5 Å². The quantitative estimate of drug-likeness (QED) is 0.910. The van der Waals surface area contributed by atoms with Crippen LogP contribution in [0.2, 0.25) is 0 Å². The number of halogens is 1. The molecule has 3 rings (SSSR count). The minimum absolute atomic E-state index is 0.00708. The fourth-order valence-corrected chi connectivity index (χ4v) is 3.81. The van der Waals surface area contributed by atoms with Crippen LogP contribution in [0.1, 0.15) is 24.8 Å². The zero-order valence-electron chi connectivity index (χ0n) is 13.9. The molecule has 0 radical (unpaired) electrons. The van der Waals surface area contributed by atoms with E-state index in [4.69, 9.17) is 9.47 Å². The van der Waals surface area contributed by atoms with E-state index in [9.17, 15) is 14.3 Å². The second-order valence-electron chi connectivity index (χ2n) is 6.52. The van der Waals surface area contributed by atoms with Crippen LogP contribution in [0.3, 0.4) is 0 Å². The molecular formula is C18H24FNO4. The number of amides is 1. The number of likely N-dealkylation sites (tertiary alicyclic amines) is 1. The molecule has 2 heterocycles. The van der Waals surface area contributed by atoms with Crippen LogP contribution in [0.25, 0.3) is 0 Å². The highest BCUT2D eigenvalue weighted by molar-refractivity contribution is 5.80. The first-order chi connectivity index (χ1) is 11.6. The predicted octanol–water partition coefficient (Wildman–Crippen LogP) is 1.77. The summed E-state index contributed by atoms with van der Waals surface area (Å²) in [5, 5.41) is 10.2. The largest absolute Gasteiger partial charge is 0.496 e. The van der Waals surface area contributed by atoms with Crippen molar-refractivity contribution in [3.63, 3.8) is 0 Å². The molecule has 0 aromatic heterocycles. The summed E-state index contributed by atoms with van der Waals surface area (Å²) < 4.78 is 24.2. The first-order valence-corrected chi connectivity index (χ1v) is 8.48. The number of hydrogen-bond donors (Lipinski definition) is 1. The second kappa shape index (κ2) is 7.49. The van der Waals surface area contributed by atoms with Crippen molar-refractivity contribution >= 4 is 5.91 Å². The van der Waals surface area contributed by atoms with Gasteiger partial charge < -0.3 is 19.5 Å². The molecule has 3 unspecified atom stereocenters. The van der Waals surface area contributed by atoms with Crippen LogP contribution in [0.15, 0.2) is 18.2 Å². The summed E-state index contributed by atoms with van der Waals surface area (Å²) in [4.78, 5) is 14.6. The Morgan fingerprint density at radius 3 is 3.04 bits per heavy atom. The van der Waals surface area contributed by atoms with E-state index in [1.165, 1.54) is 25.3 Å². The third-order valence-electron chi connectivity index (χ3n) is 5.06. The lowest BCUT2D eigenvalue weighted by atomic mass is 9.89. The van der Waals surface area contributed by atoms with Crippen molar-refractivity contribution in [3.8, 4) is 5.75 Å². The Kier molecular flexibility index (Phi) is 5.36. The maximum Gasteiger partial charge on any atom is 0.227 e. The molecule has 1 amide bonds. The van der Waals surface area contributed by atoms with Gasteiger partial charge >= 0.3 is 0 Å². The highest BCUT2D eigenvalue weighted by Gasteiger charge is 2.39. The zero-order chi connectivity index (χ0) is 17.1. The van der Waals surface area contributed by atoms with Crippen LogP contribution in [0.4, 0.5) is 4.39 Å². The molecule has 2 aliphatic rings. The van der Waals surface area contributed by atoms with Crippen molar-refractivity contribution in [1.29, 1.82) is 0 Å². The SMILES string of the molecule is COc1ccc(F)cc1CC(=O)N1CCCC1C1COCCC1O. The first-order valence-electron chi connectivity index (χ1n) is 8.48. The predicted molar refractivity (Wildman–Crippen MR) is 86.3 cm³/mol. The average Bonchev–Trinajstić information content (AvgIpc) is 3.05. The van der Waals surface area contributed by atoms with Gasteiger partial charge in [0, 0.05) is 30.7 Å². The van der Waals surface area contributed by atoms with Crippen LogP contribution < -0.4 is 4.74 Å². The summed E-state index contributed by atoms with van der Waals surface area (Å²) in [5.74, 6) is 0.0352. The van der Waals surface area contributed by atoms with Gasteiger partial charge in [-0.2, -0.15) is 0 Å². The Bertz CT molecular complexity index is 594. The molecule has 1 aromatic carbocycles.